The van der Waals surface area contributed by atoms with E-state index in [4.69, 9.17) is 4.99 Å². The molecule has 0 aromatic heterocycles. The Bertz CT molecular complexity index is 926. The zero-order valence-corrected chi connectivity index (χ0v) is 15.8. The Hall–Kier alpha value is -2.70. The fraction of sp³-hybridized carbons (Fsp3) is 0.364. The highest BCUT2D eigenvalue weighted by molar-refractivity contribution is 6.02. The molecule has 6 nitrogen and oxygen atoms in total. The number of hydrogen-bond acceptors (Lipinski definition) is 5. The average Bonchev–Trinajstić information content (AvgIpc) is 3.30. The molecule has 0 spiro atoms. The number of carbonyl (C=O) groups excluding carboxylic acids is 1. The van der Waals surface area contributed by atoms with Crippen molar-refractivity contribution in [2.45, 2.75) is 31.8 Å². The van der Waals surface area contributed by atoms with Crippen LogP contribution in [-0.4, -0.2) is 52.4 Å². The van der Waals surface area contributed by atoms with Crippen molar-refractivity contribution in [1.29, 1.82) is 0 Å². The third-order valence-electron chi connectivity index (χ3n) is 5.99. The molecule has 6 heteroatoms. The molecule has 144 valence electrons. The maximum absolute atomic E-state index is 11.9. The summed E-state index contributed by atoms with van der Waals surface area (Å²) in [6, 6.07) is 8.86. The number of amidine groups is 1. The number of nitrogens with zero attached hydrogens (tertiary/aromatic N) is 3. The first kappa shape index (κ1) is 17.4. The van der Waals surface area contributed by atoms with E-state index in [-0.39, 0.29) is 12.5 Å². The topological polar surface area (TPSA) is 68.2 Å². The second kappa shape index (κ2) is 7.04. The minimum absolute atomic E-state index is 0.0753. The summed E-state index contributed by atoms with van der Waals surface area (Å²) in [5.41, 5.74) is 5.36. The summed E-state index contributed by atoms with van der Waals surface area (Å²) >= 11 is 0. The molecular weight excluding hydrogens is 352 g/mol. The lowest BCUT2D eigenvalue weighted by Crippen LogP contribution is -2.32. The molecule has 4 heterocycles. The molecule has 1 fully saturated rings. The van der Waals surface area contributed by atoms with Crippen LogP contribution < -0.4 is 5.32 Å². The van der Waals surface area contributed by atoms with E-state index in [1.165, 1.54) is 5.56 Å². The zero-order chi connectivity index (χ0) is 19.1. The van der Waals surface area contributed by atoms with E-state index in [1.807, 2.05) is 12.3 Å². The van der Waals surface area contributed by atoms with Gasteiger partial charge in [-0.05, 0) is 31.0 Å². The summed E-state index contributed by atoms with van der Waals surface area (Å²) in [6.45, 7) is 2.98. The van der Waals surface area contributed by atoms with Gasteiger partial charge in [-0.15, -0.1) is 0 Å². The van der Waals surface area contributed by atoms with Crippen molar-refractivity contribution >= 4 is 11.7 Å². The van der Waals surface area contributed by atoms with Crippen molar-refractivity contribution in [2.75, 3.05) is 19.7 Å². The molecule has 1 aromatic carbocycles. The molecule has 5 rings (SSSR count). The molecule has 1 atom stereocenters. The molecule has 1 saturated heterocycles. The number of rotatable bonds is 4. The van der Waals surface area contributed by atoms with Crippen LogP contribution in [0.25, 0.3) is 0 Å². The third kappa shape index (κ3) is 2.99. The summed E-state index contributed by atoms with van der Waals surface area (Å²) in [5, 5.41) is 12.5. The summed E-state index contributed by atoms with van der Waals surface area (Å²) in [4.78, 5) is 21.1. The first-order valence-corrected chi connectivity index (χ1v) is 9.95. The number of aliphatic hydroxyl groups excluding tert-OH is 1. The van der Waals surface area contributed by atoms with Gasteiger partial charge in [0.25, 0.3) is 0 Å². The van der Waals surface area contributed by atoms with Crippen molar-refractivity contribution in [1.82, 2.24) is 15.1 Å². The van der Waals surface area contributed by atoms with Gasteiger partial charge in [0, 0.05) is 54.7 Å². The predicted molar refractivity (Wildman–Crippen MR) is 107 cm³/mol. The van der Waals surface area contributed by atoms with Gasteiger partial charge < -0.3 is 15.3 Å². The van der Waals surface area contributed by atoms with E-state index < -0.39 is 0 Å². The molecule has 0 radical (unpaired) electrons. The van der Waals surface area contributed by atoms with Gasteiger partial charge in [-0.3, -0.25) is 9.69 Å². The van der Waals surface area contributed by atoms with Gasteiger partial charge in [-0.1, -0.05) is 24.3 Å². The molecule has 1 aromatic rings. The summed E-state index contributed by atoms with van der Waals surface area (Å²) in [5.74, 6) is 0.855. The number of carbonyl (C=O) groups is 1. The van der Waals surface area contributed by atoms with Crippen LogP contribution in [0.2, 0.25) is 0 Å². The SMILES string of the molecule is O=C1C=CC2=CN=C(c3ccc(CN4CCC[C@@H]4CO)cc3)N3CCC(=C23)N1. The summed E-state index contributed by atoms with van der Waals surface area (Å²) in [6.07, 6.45) is 8.31. The van der Waals surface area contributed by atoms with Gasteiger partial charge in [0.2, 0.25) is 5.91 Å². The van der Waals surface area contributed by atoms with Crippen LogP contribution in [0, 0.1) is 0 Å². The van der Waals surface area contributed by atoms with Gasteiger partial charge in [0.15, 0.2) is 0 Å². The number of benzene rings is 1. The van der Waals surface area contributed by atoms with E-state index in [9.17, 15) is 9.90 Å². The Kier molecular flexibility index (Phi) is 4.37. The molecule has 4 aliphatic heterocycles. The van der Waals surface area contributed by atoms with Gasteiger partial charge in [0.1, 0.15) is 5.84 Å². The number of likely N-dealkylation sites (tertiary alicyclic amines) is 1. The molecule has 0 bridgehead atoms. The molecule has 0 unspecified atom stereocenters. The molecule has 0 saturated carbocycles. The number of aliphatic hydroxyl groups is 1. The van der Waals surface area contributed by atoms with Crippen molar-refractivity contribution in [3.05, 3.63) is 70.7 Å². The monoisotopic (exact) mass is 376 g/mol. The van der Waals surface area contributed by atoms with E-state index >= 15 is 0 Å². The molecule has 4 aliphatic rings. The van der Waals surface area contributed by atoms with Gasteiger partial charge in [0.05, 0.1) is 12.3 Å². The van der Waals surface area contributed by atoms with Crippen LogP contribution in [0.3, 0.4) is 0 Å². The predicted octanol–water partition coefficient (Wildman–Crippen LogP) is 1.89. The average molecular weight is 376 g/mol. The normalized spacial score (nSPS) is 24.1. The first-order valence-electron chi connectivity index (χ1n) is 9.95. The summed E-state index contributed by atoms with van der Waals surface area (Å²) in [7, 11) is 0. The molecule has 28 heavy (non-hydrogen) atoms. The molecule has 2 N–H and O–H groups in total. The Labute approximate surface area is 164 Å². The largest absolute Gasteiger partial charge is 0.395 e. The fourth-order valence-electron chi connectivity index (χ4n) is 4.55. The highest BCUT2D eigenvalue weighted by atomic mass is 16.3. The Morgan fingerprint density at radius 1 is 1.18 bits per heavy atom. The molecular formula is C22H24N4O2. The lowest BCUT2D eigenvalue weighted by molar-refractivity contribution is -0.115. The van der Waals surface area contributed by atoms with Crippen LogP contribution in [0.4, 0.5) is 0 Å². The van der Waals surface area contributed by atoms with Crippen LogP contribution >= 0.6 is 0 Å². The van der Waals surface area contributed by atoms with Crippen molar-refractivity contribution in [3.8, 4) is 0 Å². The van der Waals surface area contributed by atoms with Crippen molar-refractivity contribution < 1.29 is 9.90 Å². The van der Waals surface area contributed by atoms with Crippen LogP contribution in [-0.2, 0) is 11.3 Å². The summed E-state index contributed by atoms with van der Waals surface area (Å²) < 4.78 is 0. The Morgan fingerprint density at radius 2 is 2.04 bits per heavy atom. The zero-order valence-electron chi connectivity index (χ0n) is 15.8. The van der Waals surface area contributed by atoms with E-state index in [1.54, 1.807) is 6.08 Å². The minimum atomic E-state index is -0.0753. The van der Waals surface area contributed by atoms with Crippen molar-refractivity contribution in [2.24, 2.45) is 4.99 Å². The number of hydrogen-bond donors (Lipinski definition) is 2. The van der Waals surface area contributed by atoms with Crippen LogP contribution in [0.5, 0.6) is 0 Å². The molecule has 0 aliphatic carbocycles. The third-order valence-corrected chi connectivity index (χ3v) is 5.99. The smallest absolute Gasteiger partial charge is 0.248 e. The van der Waals surface area contributed by atoms with Gasteiger partial charge in [-0.25, -0.2) is 4.99 Å². The standard InChI is InChI=1S/C22H24N4O2/c27-14-18-2-1-10-25(18)13-15-3-5-16(6-4-15)22-23-12-17-7-8-20(28)24-19-9-11-26(22)21(17)19/h3-8,12,18,27H,1-2,9-11,13-14H2,(H,24,28)/t18-/m1/s1. The highest BCUT2D eigenvalue weighted by Crippen LogP contribution is 2.34. The van der Waals surface area contributed by atoms with E-state index in [0.717, 1.165) is 67.3 Å². The highest BCUT2D eigenvalue weighted by Gasteiger charge is 2.32. The van der Waals surface area contributed by atoms with Crippen LogP contribution in [0.1, 0.15) is 30.4 Å². The van der Waals surface area contributed by atoms with E-state index in [0.29, 0.717) is 6.04 Å². The van der Waals surface area contributed by atoms with Gasteiger partial charge in [-0.2, -0.15) is 0 Å². The Morgan fingerprint density at radius 3 is 2.86 bits per heavy atom. The fourth-order valence-corrected chi connectivity index (χ4v) is 4.55. The second-order valence-corrected chi connectivity index (χ2v) is 7.73. The maximum atomic E-state index is 11.9. The lowest BCUT2D eigenvalue weighted by Gasteiger charge is -2.28. The van der Waals surface area contributed by atoms with Crippen LogP contribution in [0.15, 0.2) is 64.6 Å². The maximum Gasteiger partial charge on any atom is 0.248 e. The number of nitrogens with one attached hydrogen (secondary N) is 1. The Balaban J connectivity index is 1.39. The second-order valence-electron chi connectivity index (χ2n) is 7.73. The minimum Gasteiger partial charge on any atom is -0.395 e. The lowest BCUT2D eigenvalue weighted by atomic mass is 10.1. The van der Waals surface area contributed by atoms with Gasteiger partial charge >= 0.3 is 0 Å². The van der Waals surface area contributed by atoms with Crippen molar-refractivity contribution in [3.63, 3.8) is 0 Å². The number of aliphatic imine (C=N–C) groups is 1. The number of amides is 1. The first-order chi connectivity index (χ1) is 13.7. The quantitative estimate of drug-likeness (QED) is 0.842. The van der Waals surface area contributed by atoms with E-state index in [2.05, 4.69) is 39.4 Å². The number of allylic oxidation sites excluding steroid dienone is 1. The molecule has 1 amide bonds.